The van der Waals surface area contributed by atoms with Crippen LogP contribution in [0.25, 0.3) is 11.0 Å². The molecule has 3 aromatic rings. The zero-order valence-corrected chi connectivity index (χ0v) is 10.2. The van der Waals surface area contributed by atoms with Crippen LogP contribution in [-0.2, 0) is 6.54 Å². The molecule has 0 unspecified atom stereocenters. The minimum Gasteiger partial charge on any atom is -0.399 e. The largest absolute Gasteiger partial charge is 0.399 e. The van der Waals surface area contributed by atoms with Gasteiger partial charge in [0, 0.05) is 11.4 Å². The molecule has 3 rings (SSSR count). The molecule has 0 saturated carbocycles. The summed E-state index contributed by atoms with van der Waals surface area (Å²) in [7, 11) is 0. The van der Waals surface area contributed by atoms with E-state index in [1.54, 1.807) is 0 Å². The maximum atomic E-state index is 5.74. The van der Waals surface area contributed by atoms with Gasteiger partial charge in [-0.25, -0.2) is 4.98 Å². The van der Waals surface area contributed by atoms with Gasteiger partial charge < -0.3 is 10.3 Å². The van der Waals surface area contributed by atoms with E-state index in [0.717, 1.165) is 34.7 Å². The van der Waals surface area contributed by atoms with E-state index in [-0.39, 0.29) is 0 Å². The van der Waals surface area contributed by atoms with E-state index in [1.807, 2.05) is 49.6 Å². The lowest BCUT2D eigenvalue weighted by Crippen LogP contribution is -2.01. The van der Waals surface area contributed by atoms with Crippen LogP contribution in [0.5, 0.6) is 0 Å². The summed E-state index contributed by atoms with van der Waals surface area (Å²) in [5, 5.41) is 0. The second-order valence-corrected chi connectivity index (χ2v) is 4.39. The number of pyridine rings is 1. The predicted molar refractivity (Wildman–Crippen MR) is 72.2 cm³/mol. The summed E-state index contributed by atoms with van der Waals surface area (Å²) in [6, 6.07) is 11.8. The lowest BCUT2D eigenvalue weighted by Gasteiger charge is -2.04. The highest BCUT2D eigenvalue weighted by molar-refractivity contribution is 5.78. The van der Waals surface area contributed by atoms with Crippen LogP contribution >= 0.6 is 0 Å². The lowest BCUT2D eigenvalue weighted by molar-refractivity contribution is 0.793. The molecule has 0 fully saturated rings. The second-order valence-electron chi connectivity index (χ2n) is 4.39. The number of aromatic nitrogens is 3. The average Bonchev–Trinajstić information content (AvgIpc) is 2.72. The van der Waals surface area contributed by atoms with Gasteiger partial charge in [-0.15, -0.1) is 0 Å². The normalized spacial score (nSPS) is 10.9. The number of benzene rings is 1. The van der Waals surface area contributed by atoms with Gasteiger partial charge in [-0.3, -0.25) is 4.98 Å². The highest BCUT2D eigenvalue weighted by Gasteiger charge is 2.04. The van der Waals surface area contributed by atoms with E-state index < -0.39 is 0 Å². The Labute approximate surface area is 105 Å². The topological polar surface area (TPSA) is 56.7 Å². The van der Waals surface area contributed by atoms with Gasteiger partial charge in [0.1, 0.15) is 0 Å². The molecule has 4 heteroatoms. The lowest BCUT2D eigenvalue weighted by atomic mass is 10.2. The molecular weight excluding hydrogens is 224 g/mol. The van der Waals surface area contributed by atoms with Crippen LogP contribution in [0.4, 0.5) is 5.69 Å². The minimum atomic E-state index is 0.724. The summed E-state index contributed by atoms with van der Waals surface area (Å²) in [6.07, 6.45) is 1.83. The van der Waals surface area contributed by atoms with Gasteiger partial charge in [0.25, 0.3) is 0 Å². The van der Waals surface area contributed by atoms with Crippen molar-refractivity contribution in [1.82, 2.24) is 14.5 Å². The molecule has 0 aliphatic heterocycles. The number of anilines is 1. The maximum Gasteiger partial charge on any atom is 0.0962 e. The molecule has 0 radical (unpaired) electrons. The predicted octanol–water partition coefficient (Wildman–Crippen LogP) is 2.37. The zero-order valence-electron chi connectivity index (χ0n) is 10.2. The smallest absolute Gasteiger partial charge is 0.0962 e. The summed E-state index contributed by atoms with van der Waals surface area (Å²) in [5.74, 6) is 0. The van der Waals surface area contributed by atoms with E-state index in [1.165, 1.54) is 0 Å². The molecule has 2 heterocycles. The molecule has 0 atom stereocenters. The fraction of sp³-hybridized carbons (Fsp3) is 0.143. The SMILES string of the molecule is Cc1cccc(Cn2cnc3cc(N)ccc32)n1. The first-order valence-electron chi connectivity index (χ1n) is 5.85. The van der Waals surface area contributed by atoms with Crippen LogP contribution in [0.15, 0.2) is 42.7 Å². The first kappa shape index (κ1) is 10.8. The summed E-state index contributed by atoms with van der Waals surface area (Å²) in [6.45, 7) is 2.72. The molecule has 90 valence electrons. The fourth-order valence-electron chi connectivity index (χ4n) is 2.07. The quantitative estimate of drug-likeness (QED) is 0.697. The Bertz CT molecular complexity index is 700. The average molecular weight is 238 g/mol. The van der Waals surface area contributed by atoms with Crippen LogP contribution in [0, 0.1) is 6.92 Å². The van der Waals surface area contributed by atoms with Crippen LogP contribution in [-0.4, -0.2) is 14.5 Å². The second kappa shape index (κ2) is 4.14. The highest BCUT2D eigenvalue weighted by Crippen LogP contribution is 2.17. The van der Waals surface area contributed by atoms with Gasteiger partial charge in [-0.2, -0.15) is 0 Å². The number of imidazole rings is 1. The van der Waals surface area contributed by atoms with Crippen molar-refractivity contribution in [2.24, 2.45) is 0 Å². The number of hydrogen-bond donors (Lipinski definition) is 1. The van der Waals surface area contributed by atoms with Gasteiger partial charge >= 0.3 is 0 Å². The van der Waals surface area contributed by atoms with E-state index in [9.17, 15) is 0 Å². The Morgan fingerprint density at radius 2 is 2.11 bits per heavy atom. The third-order valence-electron chi connectivity index (χ3n) is 2.92. The zero-order chi connectivity index (χ0) is 12.5. The molecule has 2 N–H and O–H groups in total. The van der Waals surface area contributed by atoms with Crippen molar-refractivity contribution in [3.05, 3.63) is 54.1 Å². The summed E-state index contributed by atoms with van der Waals surface area (Å²) in [5.41, 5.74) is 10.5. The number of aryl methyl sites for hydroxylation is 1. The Morgan fingerprint density at radius 3 is 2.94 bits per heavy atom. The molecule has 0 aliphatic carbocycles. The van der Waals surface area contributed by atoms with Gasteiger partial charge in [0.15, 0.2) is 0 Å². The molecule has 0 saturated heterocycles. The molecule has 0 bridgehead atoms. The molecule has 4 nitrogen and oxygen atoms in total. The van der Waals surface area contributed by atoms with Crippen LogP contribution in [0.2, 0.25) is 0 Å². The maximum absolute atomic E-state index is 5.74. The summed E-state index contributed by atoms with van der Waals surface area (Å²) >= 11 is 0. The van der Waals surface area contributed by atoms with Gasteiger partial charge in [-0.1, -0.05) is 6.07 Å². The van der Waals surface area contributed by atoms with Crippen LogP contribution in [0.1, 0.15) is 11.4 Å². The van der Waals surface area contributed by atoms with Crippen molar-refractivity contribution in [3.8, 4) is 0 Å². The van der Waals surface area contributed by atoms with E-state index >= 15 is 0 Å². The van der Waals surface area contributed by atoms with Crippen molar-refractivity contribution < 1.29 is 0 Å². The van der Waals surface area contributed by atoms with Crippen molar-refractivity contribution in [3.63, 3.8) is 0 Å². The third kappa shape index (κ3) is 1.93. The molecule has 2 aromatic heterocycles. The fourth-order valence-corrected chi connectivity index (χ4v) is 2.07. The van der Waals surface area contributed by atoms with Crippen molar-refractivity contribution in [1.29, 1.82) is 0 Å². The van der Waals surface area contributed by atoms with Gasteiger partial charge in [-0.05, 0) is 37.3 Å². The van der Waals surface area contributed by atoms with E-state index in [0.29, 0.717) is 0 Å². The molecule has 0 spiro atoms. The Kier molecular flexibility index (Phi) is 2.48. The van der Waals surface area contributed by atoms with E-state index in [2.05, 4.69) is 14.5 Å². The standard InChI is InChI=1S/C14H14N4/c1-10-3-2-4-12(17-10)8-18-9-16-13-7-11(15)5-6-14(13)18/h2-7,9H,8,15H2,1H3. The van der Waals surface area contributed by atoms with E-state index in [4.69, 9.17) is 5.73 Å². The van der Waals surface area contributed by atoms with Gasteiger partial charge in [0.05, 0.1) is 29.6 Å². The first-order valence-corrected chi connectivity index (χ1v) is 5.85. The van der Waals surface area contributed by atoms with Crippen LogP contribution < -0.4 is 5.73 Å². The number of rotatable bonds is 2. The number of fused-ring (bicyclic) bond motifs is 1. The van der Waals surface area contributed by atoms with Crippen LogP contribution in [0.3, 0.4) is 0 Å². The molecule has 18 heavy (non-hydrogen) atoms. The number of hydrogen-bond acceptors (Lipinski definition) is 3. The van der Waals surface area contributed by atoms with Crippen molar-refractivity contribution in [2.75, 3.05) is 5.73 Å². The van der Waals surface area contributed by atoms with Crippen molar-refractivity contribution >= 4 is 16.7 Å². The summed E-state index contributed by atoms with van der Waals surface area (Å²) < 4.78 is 2.08. The molecule has 0 amide bonds. The number of nitrogen functional groups attached to an aromatic ring is 1. The molecule has 0 aliphatic rings. The molecular formula is C14H14N4. The third-order valence-corrected chi connectivity index (χ3v) is 2.92. The Hall–Kier alpha value is -2.36. The minimum absolute atomic E-state index is 0.724. The number of nitrogens with zero attached hydrogens (tertiary/aromatic N) is 3. The number of nitrogens with two attached hydrogens (primary N) is 1. The summed E-state index contributed by atoms with van der Waals surface area (Å²) in [4.78, 5) is 8.85. The first-order chi connectivity index (χ1) is 8.72. The highest BCUT2D eigenvalue weighted by atomic mass is 15.1. The Balaban J connectivity index is 2.00. The Morgan fingerprint density at radius 1 is 1.22 bits per heavy atom. The monoisotopic (exact) mass is 238 g/mol. The van der Waals surface area contributed by atoms with Crippen molar-refractivity contribution in [2.45, 2.75) is 13.5 Å². The van der Waals surface area contributed by atoms with Gasteiger partial charge in [0.2, 0.25) is 0 Å². The molecule has 1 aromatic carbocycles.